The van der Waals surface area contributed by atoms with Gasteiger partial charge in [0.05, 0.1) is 22.0 Å². The van der Waals surface area contributed by atoms with E-state index in [1.807, 2.05) is 12.4 Å². The topological polar surface area (TPSA) is 34.8 Å². The largest absolute Gasteiger partial charge is 0.367 e. The Hall–Kier alpha value is -7.43. The second kappa shape index (κ2) is 11.3. The molecule has 0 saturated carbocycles. The minimum absolute atomic E-state index is 0.391. The number of nitrogens with zero attached hydrogens (tertiary/aromatic N) is 3. The first-order chi connectivity index (χ1) is 28.3. The van der Waals surface area contributed by atoms with Crippen LogP contribution in [0.3, 0.4) is 0 Å². The number of pyridine rings is 1. The Morgan fingerprint density at radius 1 is 0.491 bits per heavy atom. The Morgan fingerprint density at radius 2 is 1.09 bits per heavy atom. The fourth-order valence-corrected chi connectivity index (χ4v) is 10.6. The third-order valence-corrected chi connectivity index (χ3v) is 12.9. The fraction of sp³-hybridized carbons (Fsp3) is 0.0377. The zero-order valence-electron chi connectivity index (χ0n) is 30.9. The van der Waals surface area contributed by atoms with E-state index in [1.54, 1.807) is 0 Å². The van der Waals surface area contributed by atoms with Crippen LogP contribution < -0.4 is 5.32 Å². The highest BCUT2D eigenvalue weighted by molar-refractivity contribution is 6.11. The molecule has 0 amide bonds. The number of anilines is 1. The summed E-state index contributed by atoms with van der Waals surface area (Å²) in [5.74, 6) is 1.14. The maximum atomic E-state index is 4.43. The van der Waals surface area contributed by atoms with Gasteiger partial charge in [0.15, 0.2) is 0 Å². The van der Waals surface area contributed by atoms with Crippen molar-refractivity contribution in [2.24, 2.45) is 0 Å². The van der Waals surface area contributed by atoms with Crippen molar-refractivity contribution in [3.05, 3.63) is 210 Å². The number of hydrogen-bond donors (Lipinski definition) is 1. The van der Waals surface area contributed by atoms with Crippen molar-refractivity contribution in [2.75, 3.05) is 11.9 Å². The van der Waals surface area contributed by atoms with Crippen molar-refractivity contribution in [3.8, 4) is 44.8 Å². The van der Waals surface area contributed by atoms with Crippen LogP contribution in [0.15, 0.2) is 182 Å². The molecule has 4 nitrogen and oxygen atoms in total. The lowest BCUT2D eigenvalue weighted by atomic mass is 9.70. The van der Waals surface area contributed by atoms with Gasteiger partial charge in [-0.3, -0.25) is 9.55 Å². The van der Waals surface area contributed by atoms with Crippen molar-refractivity contribution in [1.29, 1.82) is 0 Å². The minimum Gasteiger partial charge on any atom is -0.367 e. The van der Waals surface area contributed by atoms with Crippen LogP contribution in [0.25, 0.3) is 83.5 Å². The molecule has 10 aromatic rings. The summed E-state index contributed by atoms with van der Waals surface area (Å²) in [5, 5.41) is 7.43. The zero-order chi connectivity index (χ0) is 37.2. The molecule has 1 spiro atoms. The van der Waals surface area contributed by atoms with Crippen LogP contribution in [0.5, 0.6) is 0 Å². The second-order valence-corrected chi connectivity index (χ2v) is 15.5. The molecule has 3 aromatic heterocycles. The van der Waals surface area contributed by atoms with E-state index in [0.717, 1.165) is 29.3 Å². The maximum Gasteiger partial charge on any atom is 0.119 e. The Balaban J connectivity index is 0.982. The summed E-state index contributed by atoms with van der Waals surface area (Å²) in [5.41, 5.74) is 19.8. The lowest BCUT2D eigenvalue weighted by Gasteiger charge is -2.30. The molecule has 266 valence electrons. The molecule has 7 aromatic carbocycles. The summed E-state index contributed by atoms with van der Waals surface area (Å²) in [4.78, 5) is 4.43. The molecule has 0 fully saturated rings. The molecule has 57 heavy (non-hydrogen) atoms. The lowest BCUT2D eigenvalue weighted by molar-refractivity contribution is 0.794. The van der Waals surface area contributed by atoms with Gasteiger partial charge in [-0.2, -0.15) is 0 Å². The number of fused-ring (bicyclic) bond motifs is 17. The summed E-state index contributed by atoms with van der Waals surface area (Å²) in [6.07, 6.45) is 8.39. The molecule has 1 N–H and O–H groups in total. The summed E-state index contributed by atoms with van der Waals surface area (Å²) in [6.45, 7) is 0.791. The van der Waals surface area contributed by atoms with E-state index in [2.05, 4.69) is 195 Å². The Bertz CT molecular complexity index is 3240. The molecule has 0 unspecified atom stereocenters. The molecule has 13 rings (SSSR count). The molecule has 0 saturated heterocycles. The summed E-state index contributed by atoms with van der Waals surface area (Å²) in [7, 11) is 0. The summed E-state index contributed by atoms with van der Waals surface area (Å²) >= 11 is 0. The number of benzene rings is 7. The molecule has 2 aliphatic carbocycles. The van der Waals surface area contributed by atoms with E-state index in [4.69, 9.17) is 0 Å². The van der Waals surface area contributed by atoms with Crippen LogP contribution in [0, 0.1) is 0 Å². The summed E-state index contributed by atoms with van der Waals surface area (Å²) < 4.78 is 4.82. The summed E-state index contributed by atoms with van der Waals surface area (Å²) in [6, 6.07) is 60.8. The normalized spacial score (nSPS) is 14.1. The standard InChI is InChI=1S/C53H34N4/c1-5-15-44-37(10-1)38-11-2-6-16-45(38)53(44)46-17-7-3-13-42(46)50-47(53)28-27-40-41-14-9-30-55-52(41)57(51(40)50)36-25-21-34(22-26-36)33-19-23-35(24-20-33)56-48-18-8-4-12-39(48)43-32-54-31-29-49(43)56/h1-29,31-32,55H,30H2. The van der Waals surface area contributed by atoms with Crippen LogP contribution in [0.1, 0.15) is 27.8 Å². The fourth-order valence-electron chi connectivity index (χ4n) is 10.6. The van der Waals surface area contributed by atoms with Crippen molar-refractivity contribution < 1.29 is 0 Å². The van der Waals surface area contributed by atoms with Crippen LogP contribution >= 0.6 is 0 Å². The first kappa shape index (κ1) is 30.8. The maximum absolute atomic E-state index is 4.43. The van der Waals surface area contributed by atoms with E-state index in [-0.39, 0.29) is 0 Å². The third-order valence-electron chi connectivity index (χ3n) is 12.9. The van der Waals surface area contributed by atoms with Crippen LogP contribution in [-0.4, -0.2) is 20.7 Å². The minimum atomic E-state index is -0.391. The molecule has 3 aliphatic rings. The number of aromatic nitrogens is 3. The third kappa shape index (κ3) is 3.94. The lowest BCUT2D eigenvalue weighted by Crippen LogP contribution is -2.25. The predicted molar refractivity (Wildman–Crippen MR) is 235 cm³/mol. The van der Waals surface area contributed by atoms with E-state index < -0.39 is 5.41 Å². The van der Waals surface area contributed by atoms with Crippen LogP contribution in [-0.2, 0) is 5.41 Å². The van der Waals surface area contributed by atoms with Gasteiger partial charge < -0.3 is 9.88 Å². The molecular formula is C53H34N4. The highest BCUT2D eigenvalue weighted by Gasteiger charge is 2.52. The first-order valence-electron chi connectivity index (χ1n) is 19.8. The highest BCUT2D eigenvalue weighted by Crippen LogP contribution is 2.64. The van der Waals surface area contributed by atoms with E-state index in [0.29, 0.717) is 0 Å². The van der Waals surface area contributed by atoms with Crippen molar-refractivity contribution in [2.45, 2.75) is 5.41 Å². The van der Waals surface area contributed by atoms with Gasteiger partial charge in [-0.1, -0.05) is 140 Å². The average Bonchev–Trinajstić information content (AvgIpc) is 3.99. The number of para-hydroxylation sites is 1. The van der Waals surface area contributed by atoms with Crippen LogP contribution in [0.2, 0.25) is 0 Å². The average molecular weight is 727 g/mol. The van der Waals surface area contributed by atoms with E-state index >= 15 is 0 Å². The Morgan fingerprint density at radius 3 is 1.81 bits per heavy atom. The second-order valence-electron chi connectivity index (χ2n) is 15.5. The predicted octanol–water partition coefficient (Wildman–Crippen LogP) is 12.6. The zero-order valence-corrected chi connectivity index (χ0v) is 30.9. The number of hydrogen-bond acceptors (Lipinski definition) is 2. The number of nitrogens with one attached hydrogen (secondary N) is 1. The van der Waals surface area contributed by atoms with Gasteiger partial charge in [-0.25, -0.2) is 0 Å². The van der Waals surface area contributed by atoms with E-state index in [9.17, 15) is 0 Å². The monoisotopic (exact) mass is 726 g/mol. The molecular weight excluding hydrogens is 693 g/mol. The first-order valence-corrected chi connectivity index (χ1v) is 19.8. The van der Waals surface area contributed by atoms with Gasteiger partial charge in [-0.05, 0) is 86.5 Å². The molecule has 4 heteroatoms. The van der Waals surface area contributed by atoms with Gasteiger partial charge in [-0.15, -0.1) is 0 Å². The molecule has 1 aliphatic heterocycles. The van der Waals surface area contributed by atoms with Crippen molar-refractivity contribution >= 4 is 44.6 Å². The van der Waals surface area contributed by atoms with E-state index in [1.165, 1.54) is 88.4 Å². The molecule has 0 atom stereocenters. The quantitative estimate of drug-likeness (QED) is 0.197. The Labute approximate surface area is 329 Å². The van der Waals surface area contributed by atoms with Crippen molar-refractivity contribution in [3.63, 3.8) is 0 Å². The van der Waals surface area contributed by atoms with Crippen molar-refractivity contribution in [1.82, 2.24) is 14.1 Å². The molecule has 0 radical (unpaired) electrons. The van der Waals surface area contributed by atoms with Gasteiger partial charge >= 0.3 is 0 Å². The van der Waals surface area contributed by atoms with Gasteiger partial charge in [0, 0.05) is 57.6 Å². The van der Waals surface area contributed by atoms with Gasteiger partial charge in [0.25, 0.3) is 0 Å². The van der Waals surface area contributed by atoms with Gasteiger partial charge in [0.2, 0.25) is 0 Å². The molecule has 4 heterocycles. The molecule has 0 bridgehead atoms. The Kier molecular flexibility index (Phi) is 6.12. The SMILES string of the molecule is C1=Cc2c(n(-c3ccc(-c4ccc(-n5c6ccccc6c6cnccc65)cc4)cc3)c3c4c(ccc23)C2(c3ccccc3-c3ccccc32)c2ccccc2-4)NC1. The smallest absolute Gasteiger partial charge is 0.119 e. The number of rotatable bonds is 3. The highest BCUT2D eigenvalue weighted by atomic mass is 15.1. The van der Waals surface area contributed by atoms with Gasteiger partial charge in [0.1, 0.15) is 5.82 Å². The van der Waals surface area contributed by atoms with Crippen LogP contribution in [0.4, 0.5) is 5.82 Å².